The molecule has 1 saturated carbocycles. The summed E-state index contributed by atoms with van der Waals surface area (Å²) >= 11 is 0. The molecule has 28 heavy (non-hydrogen) atoms. The highest BCUT2D eigenvalue weighted by Crippen LogP contribution is 2.46. The van der Waals surface area contributed by atoms with Crippen molar-refractivity contribution in [1.29, 1.82) is 0 Å². The van der Waals surface area contributed by atoms with Crippen molar-refractivity contribution >= 4 is 6.21 Å². The van der Waals surface area contributed by atoms with Crippen LogP contribution in [0.3, 0.4) is 0 Å². The average Bonchev–Trinajstić information content (AvgIpc) is 3.18. The Morgan fingerprint density at radius 2 is 1.71 bits per heavy atom. The number of allylic oxidation sites excluding steroid dienone is 1. The van der Waals surface area contributed by atoms with Gasteiger partial charge in [-0.25, -0.2) is 5.06 Å². The van der Waals surface area contributed by atoms with Crippen LogP contribution < -0.4 is 10.1 Å². The maximum absolute atomic E-state index is 9.93. The van der Waals surface area contributed by atoms with Gasteiger partial charge in [-0.05, 0) is 47.7 Å². The molecule has 0 aromatic heterocycles. The number of fused-ring (bicyclic) bond motifs is 1. The molecule has 2 fully saturated rings. The number of likely N-dealkylation sites (tertiary alicyclic amines) is 1. The predicted molar refractivity (Wildman–Crippen MR) is 107 cm³/mol. The zero-order valence-electron chi connectivity index (χ0n) is 15.6. The second-order valence-electron chi connectivity index (χ2n) is 7.61. The zero-order chi connectivity index (χ0) is 18.9. The Morgan fingerprint density at radius 3 is 2.43 bits per heavy atom. The van der Waals surface area contributed by atoms with E-state index in [9.17, 15) is 5.21 Å². The third-order valence-corrected chi connectivity index (χ3v) is 5.77. The van der Waals surface area contributed by atoms with Crippen LogP contribution in [0.15, 0.2) is 71.9 Å². The highest BCUT2D eigenvalue weighted by Gasteiger charge is 2.56. The molecule has 2 aromatic rings. The van der Waals surface area contributed by atoms with Crippen molar-refractivity contribution in [2.24, 2.45) is 16.8 Å². The average molecular weight is 376 g/mol. The highest BCUT2D eigenvalue weighted by molar-refractivity contribution is 5.71. The molecule has 6 nitrogen and oxygen atoms in total. The van der Waals surface area contributed by atoms with Crippen LogP contribution in [0.5, 0.6) is 11.5 Å². The third-order valence-electron chi connectivity index (χ3n) is 5.77. The summed E-state index contributed by atoms with van der Waals surface area (Å²) in [6, 6.07) is 18.6. The van der Waals surface area contributed by atoms with Gasteiger partial charge in [0.2, 0.25) is 6.29 Å². The summed E-state index contributed by atoms with van der Waals surface area (Å²) < 4.78 is 5.84. The van der Waals surface area contributed by atoms with Crippen LogP contribution in [0.4, 0.5) is 0 Å². The van der Waals surface area contributed by atoms with Crippen LogP contribution in [0.25, 0.3) is 0 Å². The first-order valence-electron chi connectivity index (χ1n) is 9.74. The SMILES string of the molecule is ON1C=CC=NC1N1CC2C(C1)C2NCc1ccc(Oc2ccccc2)cc1. The van der Waals surface area contributed by atoms with Gasteiger partial charge in [0.1, 0.15) is 11.5 Å². The number of nitrogens with one attached hydrogen (secondary N) is 1. The number of para-hydroxylation sites is 1. The largest absolute Gasteiger partial charge is 0.457 e. The maximum atomic E-state index is 9.93. The first-order valence-corrected chi connectivity index (χ1v) is 9.74. The summed E-state index contributed by atoms with van der Waals surface area (Å²) in [5, 5.41) is 14.8. The Kier molecular flexibility index (Phi) is 4.60. The van der Waals surface area contributed by atoms with E-state index in [1.807, 2.05) is 42.5 Å². The first kappa shape index (κ1) is 17.4. The number of ether oxygens (including phenoxy) is 1. The zero-order valence-corrected chi connectivity index (χ0v) is 15.6. The lowest BCUT2D eigenvalue weighted by molar-refractivity contribution is -0.127. The molecule has 3 aliphatic rings. The molecule has 0 spiro atoms. The fourth-order valence-electron chi connectivity index (χ4n) is 4.25. The van der Waals surface area contributed by atoms with Crippen LogP contribution >= 0.6 is 0 Å². The number of hydrogen-bond donors (Lipinski definition) is 2. The number of piperidine rings is 1. The highest BCUT2D eigenvalue weighted by atomic mass is 16.5. The van der Waals surface area contributed by atoms with E-state index < -0.39 is 0 Å². The van der Waals surface area contributed by atoms with Crippen molar-refractivity contribution in [3.05, 3.63) is 72.4 Å². The van der Waals surface area contributed by atoms with Crippen LogP contribution in [-0.2, 0) is 6.54 Å². The van der Waals surface area contributed by atoms with Crippen molar-refractivity contribution in [2.75, 3.05) is 13.1 Å². The van der Waals surface area contributed by atoms with E-state index in [0.29, 0.717) is 17.9 Å². The minimum absolute atomic E-state index is 0.268. The number of rotatable bonds is 6. The Balaban J connectivity index is 1.09. The quantitative estimate of drug-likeness (QED) is 0.811. The van der Waals surface area contributed by atoms with Crippen molar-refractivity contribution in [3.8, 4) is 11.5 Å². The number of nitrogens with zero attached hydrogens (tertiary/aromatic N) is 3. The summed E-state index contributed by atoms with van der Waals surface area (Å²) in [6.45, 7) is 2.80. The lowest BCUT2D eigenvalue weighted by atomic mass is 10.2. The normalized spacial score (nSPS) is 28.4. The van der Waals surface area contributed by atoms with E-state index >= 15 is 0 Å². The van der Waals surface area contributed by atoms with Gasteiger partial charge in [0, 0.05) is 38.1 Å². The summed E-state index contributed by atoms with van der Waals surface area (Å²) in [4.78, 5) is 6.60. The number of hydrogen-bond acceptors (Lipinski definition) is 6. The van der Waals surface area contributed by atoms with Gasteiger partial charge in [0.25, 0.3) is 0 Å². The summed E-state index contributed by atoms with van der Waals surface area (Å²) in [5.41, 5.74) is 1.26. The molecule has 0 radical (unpaired) electrons. The molecule has 5 rings (SSSR count). The number of benzene rings is 2. The second kappa shape index (κ2) is 7.39. The Hall–Kier alpha value is -2.67. The molecule has 3 atom stereocenters. The second-order valence-corrected chi connectivity index (χ2v) is 7.61. The van der Waals surface area contributed by atoms with Gasteiger partial charge in [0.15, 0.2) is 0 Å². The van der Waals surface area contributed by atoms with Gasteiger partial charge in [-0.3, -0.25) is 15.1 Å². The van der Waals surface area contributed by atoms with Crippen molar-refractivity contribution in [1.82, 2.24) is 15.3 Å². The minimum atomic E-state index is -0.268. The molecule has 144 valence electrons. The lowest BCUT2D eigenvalue weighted by Crippen LogP contribution is -2.45. The van der Waals surface area contributed by atoms with Crippen LogP contribution in [0.2, 0.25) is 0 Å². The predicted octanol–water partition coefficient (Wildman–Crippen LogP) is 3.07. The van der Waals surface area contributed by atoms with E-state index in [0.717, 1.165) is 31.1 Å². The van der Waals surface area contributed by atoms with E-state index in [1.165, 1.54) is 10.6 Å². The van der Waals surface area contributed by atoms with Crippen molar-refractivity contribution in [2.45, 2.75) is 18.9 Å². The molecule has 2 aromatic carbocycles. The molecule has 0 amide bonds. The number of aliphatic imine (C=N–C) groups is 1. The van der Waals surface area contributed by atoms with Gasteiger partial charge in [0.05, 0.1) is 0 Å². The van der Waals surface area contributed by atoms with Crippen LogP contribution in [-0.4, -0.2) is 46.8 Å². The standard InChI is InChI=1S/C22H24N4O2/c27-26-12-4-11-23-22(26)25-14-19-20(15-25)21(19)24-13-16-7-9-18(10-8-16)28-17-5-2-1-3-6-17/h1-12,19-22,24,27H,13-15H2. The topological polar surface area (TPSA) is 60.3 Å². The Labute approximate surface area is 164 Å². The van der Waals surface area contributed by atoms with E-state index in [1.54, 1.807) is 18.5 Å². The Morgan fingerprint density at radius 1 is 1.00 bits per heavy atom. The van der Waals surface area contributed by atoms with Gasteiger partial charge in [-0.15, -0.1) is 0 Å². The molecule has 2 aliphatic heterocycles. The molecule has 1 saturated heterocycles. The molecule has 2 heterocycles. The van der Waals surface area contributed by atoms with Gasteiger partial charge in [-0.1, -0.05) is 30.3 Å². The molecule has 3 unspecified atom stereocenters. The molecular formula is C22H24N4O2. The van der Waals surface area contributed by atoms with E-state index in [-0.39, 0.29) is 6.29 Å². The van der Waals surface area contributed by atoms with Crippen LogP contribution in [0, 0.1) is 11.8 Å². The molecule has 2 N–H and O–H groups in total. The molecule has 6 heteroatoms. The Bertz CT molecular complexity index is 856. The van der Waals surface area contributed by atoms with Gasteiger partial charge >= 0.3 is 0 Å². The molecular weight excluding hydrogens is 352 g/mol. The first-order chi connectivity index (χ1) is 13.8. The van der Waals surface area contributed by atoms with Crippen LogP contribution in [0.1, 0.15) is 5.56 Å². The van der Waals surface area contributed by atoms with Gasteiger partial charge < -0.3 is 10.1 Å². The minimum Gasteiger partial charge on any atom is -0.457 e. The van der Waals surface area contributed by atoms with Gasteiger partial charge in [-0.2, -0.15) is 0 Å². The van der Waals surface area contributed by atoms with E-state index in [2.05, 4.69) is 27.3 Å². The van der Waals surface area contributed by atoms with Crippen molar-refractivity contribution < 1.29 is 9.94 Å². The van der Waals surface area contributed by atoms with Crippen molar-refractivity contribution in [3.63, 3.8) is 0 Å². The maximum Gasteiger partial charge on any atom is 0.201 e. The molecule has 0 bridgehead atoms. The fourth-order valence-corrected chi connectivity index (χ4v) is 4.25. The summed E-state index contributed by atoms with van der Waals surface area (Å²) in [6.07, 6.45) is 4.88. The third kappa shape index (κ3) is 3.54. The lowest BCUT2D eigenvalue weighted by Gasteiger charge is -2.32. The monoisotopic (exact) mass is 376 g/mol. The van der Waals surface area contributed by atoms with E-state index in [4.69, 9.17) is 4.74 Å². The fraction of sp³-hybridized carbons (Fsp3) is 0.318. The molecule has 1 aliphatic carbocycles. The summed E-state index contributed by atoms with van der Waals surface area (Å²) in [7, 11) is 0. The summed E-state index contributed by atoms with van der Waals surface area (Å²) in [5.74, 6) is 3.00. The number of hydroxylamine groups is 2. The smallest absolute Gasteiger partial charge is 0.201 e.